The van der Waals surface area contributed by atoms with Gasteiger partial charge in [-0.3, -0.25) is 4.90 Å². The van der Waals surface area contributed by atoms with E-state index in [0.29, 0.717) is 30.7 Å². The van der Waals surface area contributed by atoms with E-state index in [4.69, 9.17) is 9.47 Å². The normalized spacial score (nSPS) is 20.8. The molecular formula is C33H36F6NO5-. The van der Waals surface area contributed by atoms with Gasteiger partial charge in [-0.05, 0) is 90.6 Å². The second-order valence-corrected chi connectivity index (χ2v) is 13.3. The monoisotopic (exact) mass is 640 g/mol. The molecule has 1 fully saturated rings. The third-order valence-corrected chi connectivity index (χ3v) is 8.65. The molecule has 1 heterocycles. The number of carboxylic acid groups (broad SMARTS) is 1. The molecule has 45 heavy (non-hydrogen) atoms. The van der Waals surface area contributed by atoms with Gasteiger partial charge in [0.2, 0.25) is 0 Å². The van der Waals surface area contributed by atoms with Crippen molar-refractivity contribution in [3.63, 3.8) is 0 Å². The quantitative estimate of drug-likeness (QED) is 0.278. The third kappa shape index (κ3) is 7.41. The van der Waals surface area contributed by atoms with Crippen LogP contribution in [0.2, 0.25) is 0 Å². The molecule has 2 aromatic carbocycles. The average Bonchev–Trinajstić information content (AvgIpc) is 3.19. The summed E-state index contributed by atoms with van der Waals surface area (Å²) >= 11 is 0. The molecule has 12 heteroatoms. The second kappa shape index (κ2) is 11.9. The van der Waals surface area contributed by atoms with Crippen LogP contribution in [0.25, 0.3) is 5.57 Å². The number of hydrogen-bond acceptors (Lipinski definition) is 5. The number of benzene rings is 2. The maximum atomic E-state index is 13.5. The van der Waals surface area contributed by atoms with Crippen molar-refractivity contribution in [3.05, 3.63) is 69.8 Å². The summed E-state index contributed by atoms with van der Waals surface area (Å²) in [6.07, 6.45) is -10.2. The third-order valence-electron chi connectivity index (χ3n) is 8.65. The van der Waals surface area contributed by atoms with Crippen molar-refractivity contribution in [1.29, 1.82) is 0 Å². The van der Waals surface area contributed by atoms with Gasteiger partial charge in [0.1, 0.15) is 11.9 Å². The fourth-order valence-corrected chi connectivity index (χ4v) is 6.08. The van der Waals surface area contributed by atoms with Gasteiger partial charge in [-0.25, -0.2) is 4.79 Å². The Morgan fingerprint density at radius 2 is 1.64 bits per heavy atom. The van der Waals surface area contributed by atoms with E-state index in [1.54, 1.807) is 26.0 Å². The lowest BCUT2D eigenvalue weighted by Crippen LogP contribution is -2.39. The van der Waals surface area contributed by atoms with Crippen LogP contribution in [0.4, 0.5) is 31.1 Å². The fraction of sp³-hybridized carbons (Fsp3) is 0.515. The molecule has 0 unspecified atom stereocenters. The van der Waals surface area contributed by atoms with Crippen LogP contribution in [-0.4, -0.2) is 36.7 Å². The first kappa shape index (κ1) is 34.2. The lowest BCUT2D eigenvalue weighted by Gasteiger charge is -2.36. The second-order valence-electron chi connectivity index (χ2n) is 13.3. The van der Waals surface area contributed by atoms with Crippen molar-refractivity contribution in [2.75, 3.05) is 13.7 Å². The first-order valence-electron chi connectivity index (χ1n) is 14.5. The molecule has 2 aliphatic rings. The SMILES string of the molecule is COc1ccc(CC(C)(C)C(=O)[O-])cc1C1=C(CN2C(=O)O[C@H](c3cc(C(F)(F)F)cc(C(F)(F)F)c3)[C@@H]2C)CC(C)(C)CC1. The van der Waals surface area contributed by atoms with Crippen LogP contribution >= 0.6 is 0 Å². The minimum atomic E-state index is -5.04. The molecule has 246 valence electrons. The van der Waals surface area contributed by atoms with Gasteiger partial charge in [-0.2, -0.15) is 26.3 Å². The van der Waals surface area contributed by atoms with Gasteiger partial charge in [-0.15, -0.1) is 0 Å². The zero-order valence-corrected chi connectivity index (χ0v) is 25.9. The number of ether oxygens (including phenoxy) is 2. The number of alkyl halides is 6. The molecule has 2 atom stereocenters. The Labute approximate surface area is 258 Å². The predicted molar refractivity (Wildman–Crippen MR) is 152 cm³/mol. The molecule has 0 spiro atoms. The number of nitrogens with zero attached hydrogens (tertiary/aromatic N) is 1. The van der Waals surface area contributed by atoms with E-state index >= 15 is 0 Å². The van der Waals surface area contributed by atoms with Crippen molar-refractivity contribution >= 4 is 17.6 Å². The molecule has 0 radical (unpaired) electrons. The van der Waals surface area contributed by atoms with Gasteiger partial charge in [0.25, 0.3) is 0 Å². The standard InChI is InChI=1S/C33H37F6NO5/c1-18-27(20-12-22(32(34,35)36)14-23(13-20)33(37,38)39)45-29(43)40(18)17-21-16-30(2,3)10-9-24(21)25-11-19(7-8-26(25)44-6)15-31(4,5)28(41)42/h7-8,11-14,18,27H,9-10,15-17H2,1-6H3,(H,41,42)/p-1/t18-,27-/m0/s1. The number of aliphatic carboxylic acids is 1. The van der Waals surface area contributed by atoms with Gasteiger partial charge in [0.15, 0.2) is 0 Å². The molecule has 1 aliphatic carbocycles. The molecule has 1 saturated heterocycles. The summed E-state index contributed by atoms with van der Waals surface area (Å²) in [6, 6.07) is 5.70. The van der Waals surface area contributed by atoms with E-state index in [2.05, 4.69) is 13.8 Å². The van der Waals surface area contributed by atoms with E-state index in [1.807, 2.05) is 6.07 Å². The van der Waals surface area contributed by atoms with Crippen LogP contribution < -0.4 is 9.84 Å². The molecule has 2 aromatic rings. The van der Waals surface area contributed by atoms with Crippen LogP contribution in [-0.2, 0) is 28.3 Å². The molecule has 0 saturated carbocycles. The number of rotatable bonds is 8. The molecule has 6 nitrogen and oxygen atoms in total. The van der Waals surface area contributed by atoms with E-state index in [-0.39, 0.29) is 24.4 Å². The molecule has 0 aromatic heterocycles. The van der Waals surface area contributed by atoms with Crippen LogP contribution in [0, 0.1) is 10.8 Å². The number of carbonyl (C=O) groups is 2. The number of methoxy groups -OCH3 is 1. The Balaban J connectivity index is 1.75. The lowest BCUT2D eigenvalue weighted by atomic mass is 9.72. The summed E-state index contributed by atoms with van der Waals surface area (Å²) < 4.78 is 92.3. The molecule has 0 bridgehead atoms. The zero-order chi connectivity index (χ0) is 33.7. The Morgan fingerprint density at radius 3 is 2.18 bits per heavy atom. The summed E-state index contributed by atoms with van der Waals surface area (Å²) in [5.74, 6) is -0.658. The van der Waals surface area contributed by atoms with Crippen molar-refractivity contribution in [1.82, 2.24) is 4.90 Å². The van der Waals surface area contributed by atoms with Gasteiger partial charge in [0.05, 0.1) is 24.3 Å². The summed E-state index contributed by atoms with van der Waals surface area (Å²) in [5, 5.41) is 11.7. The molecular weight excluding hydrogens is 604 g/mol. The summed E-state index contributed by atoms with van der Waals surface area (Å²) in [4.78, 5) is 26.2. The van der Waals surface area contributed by atoms with Crippen LogP contribution in [0.3, 0.4) is 0 Å². The maximum Gasteiger partial charge on any atom is 0.416 e. The topological polar surface area (TPSA) is 78.9 Å². The van der Waals surface area contributed by atoms with E-state index in [9.17, 15) is 41.0 Å². The molecule has 1 amide bonds. The lowest BCUT2D eigenvalue weighted by molar-refractivity contribution is -0.317. The van der Waals surface area contributed by atoms with E-state index in [1.165, 1.54) is 18.9 Å². The summed E-state index contributed by atoms with van der Waals surface area (Å²) in [7, 11) is 1.51. The van der Waals surface area contributed by atoms with Crippen LogP contribution in [0.15, 0.2) is 42.0 Å². The number of hydrogen-bond donors (Lipinski definition) is 0. The van der Waals surface area contributed by atoms with Crippen molar-refractivity contribution in [2.45, 2.75) is 84.8 Å². The fourth-order valence-electron chi connectivity index (χ4n) is 6.08. The van der Waals surface area contributed by atoms with Gasteiger partial charge >= 0.3 is 18.4 Å². The number of carbonyl (C=O) groups excluding carboxylic acids is 2. The number of allylic oxidation sites excluding steroid dienone is 1. The minimum Gasteiger partial charge on any atom is -0.550 e. The highest BCUT2D eigenvalue weighted by Crippen LogP contribution is 2.47. The predicted octanol–water partition coefficient (Wildman–Crippen LogP) is 7.60. The first-order valence-corrected chi connectivity index (χ1v) is 14.5. The highest BCUT2D eigenvalue weighted by atomic mass is 19.4. The number of cyclic esters (lactones) is 1. The van der Waals surface area contributed by atoms with Crippen molar-refractivity contribution in [2.24, 2.45) is 10.8 Å². The zero-order valence-electron chi connectivity index (χ0n) is 25.9. The Hall–Kier alpha value is -3.70. The Bertz CT molecular complexity index is 1480. The van der Waals surface area contributed by atoms with Gasteiger partial charge < -0.3 is 19.4 Å². The molecule has 1 aliphatic heterocycles. The van der Waals surface area contributed by atoms with Crippen molar-refractivity contribution in [3.8, 4) is 5.75 Å². The Morgan fingerprint density at radius 1 is 1.04 bits per heavy atom. The molecule has 0 N–H and O–H groups in total. The Kier molecular flexibility index (Phi) is 9.04. The maximum absolute atomic E-state index is 13.5. The number of amides is 1. The van der Waals surface area contributed by atoms with Crippen molar-refractivity contribution < 1.29 is 50.5 Å². The largest absolute Gasteiger partial charge is 0.550 e. The van der Waals surface area contributed by atoms with Gasteiger partial charge in [0, 0.05) is 23.5 Å². The molecule has 4 rings (SSSR count). The minimum absolute atomic E-state index is 0.0261. The van der Waals surface area contributed by atoms with Gasteiger partial charge in [-0.1, -0.05) is 33.8 Å². The average molecular weight is 641 g/mol. The van der Waals surface area contributed by atoms with Crippen LogP contribution in [0.5, 0.6) is 5.75 Å². The van der Waals surface area contributed by atoms with Crippen LogP contribution in [0.1, 0.15) is 87.8 Å². The highest BCUT2D eigenvalue weighted by molar-refractivity contribution is 5.77. The number of carboxylic acids is 1. The smallest absolute Gasteiger partial charge is 0.416 e. The van der Waals surface area contributed by atoms with E-state index < -0.39 is 58.7 Å². The summed E-state index contributed by atoms with van der Waals surface area (Å²) in [6.45, 7) is 8.82. The summed E-state index contributed by atoms with van der Waals surface area (Å²) in [5.41, 5.74) is -1.51. The number of halogens is 6. The first-order chi connectivity index (χ1) is 20.6. The highest BCUT2D eigenvalue weighted by Gasteiger charge is 2.44. The van der Waals surface area contributed by atoms with E-state index in [0.717, 1.165) is 28.7 Å².